The van der Waals surface area contributed by atoms with Gasteiger partial charge in [-0.05, 0) is 37.1 Å². The fraction of sp³-hybridized carbons (Fsp3) is 0.462. The number of nitrogens with zero attached hydrogens (tertiary/aromatic N) is 3. The van der Waals surface area contributed by atoms with E-state index in [4.69, 9.17) is 23.7 Å². The van der Waals surface area contributed by atoms with Gasteiger partial charge in [0, 0.05) is 17.4 Å². The third-order valence-electron chi connectivity index (χ3n) is 6.49. The molecule has 186 valence electrons. The largest absolute Gasteiger partial charge is 0.493 e. The maximum Gasteiger partial charge on any atom is 0.203 e. The topological polar surface area (TPSA) is 76.9 Å². The van der Waals surface area contributed by atoms with E-state index in [1.54, 1.807) is 33.1 Å². The lowest BCUT2D eigenvalue weighted by Crippen LogP contribution is -2.31. The Morgan fingerprint density at radius 1 is 0.943 bits per heavy atom. The summed E-state index contributed by atoms with van der Waals surface area (Å²) in [5, 5.41) is 10.1. The molecule has 3 aromatic rings. The number of methoxy groups -OCH3 is 3. The highest BCUT2D eigenvalue weighted by molar-refractivity contribution is 7.99. The number of ether oxygens (including phenoxy) is 5. The third-order valence-corrected chi connectivity index (χ3v) is 7.57. The van der Waals surface area contributed by atoms with Gasteiger partial charge in [0.25, 0.3) is 0 Å². The molecule has 0 saturated heterocycles. The Hall–Kier alpha value is -3.07. The Morgan fingerprint density at radius 3 is 2.34 bits per heavy atom. The smallest absolute Gasteiger partial charge is 0.203 e. The van der Waals surface area contributed by atoms with E-state index in [0.29, 0.717) is 35.7 Å². The summed E-state index contributed by atoms with van der Waals surface area (Å²) in [4.78, 5) is 0. The molecule has 1 aliphatic carbocycles. The Labute approximate surface area is 209 Å². The summed E-state index contributed by atoms with van der Waals surface area (Å²) in [6.45, 7) is 0.515. The van der Waals surface area contributed by atoms with E-state index >= 15 is 0 Å². The van der Waals surface area contributed by atoms with Crippen LogP contribution in [-0.4, -0.2) is 54.6 Å². The molecule has 2 aromatic carbocycles. The lowest BCUT2D eigenvalue weighted by atomic mass is 9.95. The van der Waals surface area contributed by atoms with Crippen LogP contribution in [0.5, 0.6) is 28.7 Å². The summed E-state index contributed by atoms with van der Waals surface area (Å²) >= 11 is 1.66. The van der Waals surface area contributed by atoms with Crippen molar-refractivity contribution in [3.63, 3.8) is 0 Å². The van der Waals surface area contributed by atoms with Crippen molar-refractivity contribution in [1.29, 1.82) is 0 Å². The first kappa shape index (κ1) is 23.7. The van der Waals surface area contributed by atoms with Crippen molar-refractivity contribution >= 4 is 11.8 Å². The molecule has 0 spiro atoms. The van der Waals surface area contributed by atoms with Gasteiger partial charge in [0.15, 0.2) is 34.0 Å². The van der Waals surface area contributed by atoms with E-state index in [1.165, 1.54) is 19.3 Å². The molecule has 5 rings (SSSR count). The number of aromatic nitrogens is 3. The average Bonchev–Trinajstić information content (AvgIpc) is 3.35. The van der Waals surface area contributed by atoms with Gasteiger partial charge in [-0.15, -0.1) is 10.2 Å². The van der Waals surface area contributed by atoms with Crippen molar-refractivity contribution in [3.05, 3.63) is 36.4 Å². The van der Waals surface area contributed by atoms with Crippen LogP contribution in [0, 0.1) is 0 Å². The molecule has 35 heavy (non-hydrogen) atoms. The van der Waals surface area contributed by atoms with Crippen molar-refractivity contribution < 1.29 is 23.7 Å². The van der Waals surface area contributed by atoms with Crippen LogP contribution >= 0.6 is 11.8 Å². The van der Waals surface area contributed by atoms with Gasteiger partial charge in [-0.25, -0.2) is 0 Å². The summed E-state index contributed by atoms with van der Waals surface area (Å²) in [5.74, 6) is 4.87. The summed E-state index contributed by atoms with van der Waals surface area (Å²) in [5.41, 5.74) is 0.885. The molecule has 1 aliphatic heterocycles. The van der Waals surface area contributed by atoms with Crippen LogP contribution in [0.1, 0.15) is 38.1 Å². The first-order valence-corrected chi connectivity index (χ1v) is 13.0. The van der Waals surface area contributed by atoms with E-state index in [1.807, 2.05) is 36.4 Å². The number of thioether (sulfide) groups is 1. The summed E-state index contributed by atoms with van der Waals surface area (Å²) in [7, 11) is 4.85. The maximum atomic E-state index is 6.17. The first-order chi connectivity index (χ1) is 17.2. The fourth-order valence-electron chi connectivity index (χ4n) is 4.76. The number of hydrogen-bond acceptors (Lipinski definition) is 8. The molecule has 0 N–H and O–H groups in total. The van der Waals surface area contributed by atoms with Crippen LogP contribution in [0.4, 0.5) is 0 Å². The van der Waals surface area contributed by atoms with Crippen molar-refractivity contribution in [1.82, 2.24) is 14.8 Å². The molecule has 2 aliphatic rings. The Balaban J connectivity index is 1.44. The van der Waals surface area contributed by atoms with E-state index in [-0.39, 0.29) is 6.10 Å². The Kier molecular flexibility index (Phi) is 7.22. The molecule has 9 heteroatoms. The number of rotatable bonds is 8. The van der Waals surface area contributed by atoms with Gasteiger partial charge in [0.1, 0.15) is 12.7 Å². The molecule has 1 fully saturated rings. The predicted octanol–water partition coefficient (Wildman–Crippen LogP) is 5.41. The molecular weight excluding hydrogens is 466 g/mol. The molecule has 1 saturated carbocycles. The second-order valence-electron chi connectivity index (χ2n) is 8.69. The summed E-state index contributed by atoms with van der Waals surface area (Å²) < 4.78 is 31.0. The lowest BCUT2D eigenvalue weighted by molar-refractivity contribution is 0.107. The molecule has 2 heterocycles. The minimum absolute atomic E-state index is 0.0592. The highest BCUT2D eigenvalue weighted by Crippen LogP contribution is 2.43. The monoisotopic (exact) mass is 497 g/mol. The zero-order valence-corrected chi connectivity index (χ0v) is 21.2. The average molecular weight is 498 g/mol. The second-order valence-corrected chi connectivity index (χ2v) is 9.68. The van der Waals surface area contributed by atoms with Crippen LogP contribution in [0.25, 0.3) is 11.4 Å². The highest BCUT2D eigenvalue weighted by atomic mass is 32.2. The normalized spacial score (nSPS) is 17.7. The van der Waals surface area contributed by atoms with Crippen LogP contribution in [-0.2, 0) is 0 Å². The molecule has 0 radical (unpaired) electrons. The molecule has 1 atom stereocenters. The van der Waals surface area contributed by atoms with E-state index in [2.05, 4.69) is 14.8 Å². The van der Waals surface area contributed by atoms with Gasteiger partial charge in [0.05, 0.1) is 21.3 Å². The molecule has 0 bridgehead atoms. The molecule has 0 unspecified atom stereocenters. The van der Waals surface area contributed by atoms with Gasteiger partial charge in [-0.2, -0.15) is 0 Å². The minimum atomic E-state index is -0.0592. The van der Waals surface area contributed by atoms with Crippen LogP contribution < -0.4 is 23.7 Å². The number of benzene rings is 2. The maximum absolute atomic E-state index is 6.17. The number of fused-ring (bicyclic) bond motifs is 1. The quantitative estimate of drug-likeness (QED) is 0.383. The summed E-state index contributed by atoms with van der Waals surface area (Å²) in [6.07, 6.45) is 5.85. The van der Waals surface area contributed by atoms with Crippen LogP contribution in [0.3, 0.4) is 0 Å². The molecule has 1 aromatic heterocycles. The number of hydrogen-bond donors (Lipinski definition) is 0. The predicted molar refractivity (Wildman–Crippen MR) is 134 cm³/mol. The minimum Gasteiger partial charge on any atom is -0.493 e. The van der Waals surface area contributed by atoms with Crippen LogP contribution in [0.2, 0.25) is 0 Å². The summed E-state index contributed by atoms with van der Waals surface area (Å²) in [6, 6.07) is 12.0. The van der Waals surface area contributed by atoms with Crippen molar-refractivity contribution in [3.8, 4) is 40.1 Å². The van der Waals surface area contributed by atoms with Gasteiger partial charge < -0.3 is 23.7 Å². The highest BCUT2D eigenvalue weighted by Gasteiger charge is 2.27. The zero-order valence-electron chi connectivity index (χ0n) is 20.4. The zero-order chi connectivity index (χ0) is 24.2. The van der Waals surface area contributed by atoms with E-state index in [9.17, 15) is 0 Å². The Bertz CT molecular complexity index is 1140. The Morgan fingerprint density at radius 2 is 1.66 bits per heavy atom. The van der Waals surface area contributed by atoms with Crippen molar-refractivity contribution in [2.45, 2.75) is 49.4 Å². The van der Waals surface area contributed by atoms with Crippen LogP contribution in [0.15, 0.2) is 41.6 Å². The third kappa shape index (κ3) is 4.87. The van der Waals surface area contributed by atoms with Gasteiger partial charge >= 0.3 is 0 Å². The molecular formula is C26H31N3O5S. The standard InChI is InChI=1S/C26H31N3O5S/c1-30-22-13-17(14-23(31-2)24(22)32-3)25-27-28-26(29(25)18-9-5-4-6-10-18)35-16-19-15-33-20-11-7-8-12-21(20)34-19/h7-8,11-14,18-19H,4-6,9-10,15-16H2,1-3H3/t19-/m0/s1. The van der Waals surface area contributed by atoms with E-state index in [0.717, 1.165) is 40.9 Å². The van der Waals surface area contributed by atoms with Gasteiger partial charge in [-0.3, -0.25) is 4.57 Å². The molecule has 8 nitrogen and oxygen atoms in total. The lowest BCUT2D eigenvalue weighted by Gasteiger charge is -2.27. The van der Waals surface area contributed by atoms with Gasteiger partial charge in [-0.1, -0.05) is 43.2 Å². The first-order valence-electron chi connectivity index (χ1n) is 12.0. The fourth-order valence-corrected chi connectivity index (χ4v) is 5.74. The van der Waals surface area contributed by atoms with E-state index < -0.39 is 0 Å². The number of para-hydroxylation sites is 2. The molecule has 0 amide bonds. The van der Waals surface area contributed by atoms with Crippen molar-refractivity contribution in [2.24, 2.45) is 0 Å². The SMILES string of the molecule is COc1cc(-c2nnc(SC[C@@H]3COc4ccccc4O3)n2C2CCCCC2)cc(OC)c1OC. The van der Waals surface area contributed by atoms with Crippen molar-refractivity contribution in [2.75, 3.05) is 33.7 Å². The second kappa shape index (κ2) is 10.7. The van der Waals surface area contributed by atoms with Gasteiger partial charge in [0.2, 0.25) is 5.75 Å².